The number of nitrogens with one attached hydrogen (secondary N) is 2. The maximum absolute atomic E-state index is 4.40. The molecule has 0 radical (unpaired) electrons. The van der Waals surface area contributed by atoms with Crippen LogP contribution in [0.2, 0.25) is 0 Å². The SMILES string of the molecule is CN=C(NCCc1ccc(C)cc1)NCc1ccnc2ccccc12.I. The fourth-order valence-corrected chi connectivity index (χ4v) is 2.79. The summed E-state index contributed by atoms with van der Waals surface area (Å²) in [5.74, 6) is 0.813. The monoisotopic (exact) mass is 460 g/mol. The normalized spacial score (nSPS) is 11.1. The van der Waals surface area contributed by atoms with Gasteiger partial charge in [-0.25, -0.2) is 0 Å². The summed E-state index contributed by atoms with van der Waals surface area (Å²) in [6.45, 7) is 3.67. The van der Waals surface area contributed by atoms with Crippen LogP contribution in [0.4, 0.5) is 0 Å². The molecule has 0 spiro atoms. The molecule has 1 aromatic heterocycles. The van der Waals surface area contributed by atoms with Crippen molar-refractivity contribution in [3.05, 3.63) is 77.5 Å². The number of rotatable bonds is 5. The molecule has 0 saturated carbocycles. The highest BCUT2D eigenvalue weighted by Crippen LogP contribution is 2.15. The Labute approximate surface area is 172 Å². The largest absolute Gasteiger partial charge is 0.356 e. The lowest BCUT2D eigenvalue weighted by Gasteiger charge is -2.13. The van der Waals surface area contributed by atoms with E-state index in [1.807, 2.05) is 24.4 Å². The number of hydrogen-bond donors (Lipinski definition) is 2. The van der Waals surface area contributed by atoms with Gasteiger partial charge in [0.15, 0.2) is 5.96 Å². The van der Waals surface area contributed by atoms with E-state index < -0.39 is 0 Å². The number of hydrogen-bond acceptors (Lipinski definition) is 2. The van der Waals surface area contributed by atoms with Crippen LogP contribution < -0.4 is 10.6 Å². The molecule has 0 fully saturated rings. The molecule has 0 saturated heterocycles. The van der Waals surface area contributed by atoms with Crippen LogP contribution >= 0.6 is 24.0 Å². The number of aromatic nitrogens is 1. The lowest BCUT2D eigenvalue weighted by molar-refractivity contribution is 0.796. The molecule has 3 aromatic rings. The molecule has 0 bridgehead atoms. The standard InChI is InChI=1S/C21H24N4.HI/c1-16-7-9-17(10-8-16)11-13-24-21(22-2)25-15-18-12-14-23-20-6-4-3-5-19(18)20;/h3-10,12,14H,11,13,15H2,1-2H3,(H2,22,24,25);1H. The number of para-hydroxylation sites is 1. The minimum absolute atomic E-state index is 0. The summed E-state index contributed by atoms with van der Waals surface area (Å²) in [7, 11) is 1.80. The Balaban J connectivity index is 0.00000243. The summed E-state index contributed by atoms with van der Waals surface area (Å²) in [6, 6.07) is 18.9. The summed E-state index contributed by atoms with van der Waals surface area (Å²) in [5, 5.41) is 7.93. The topological polar surface area (TPSA) is 49.3 Å². The fourth-order valence-electron chi connectivity index (χ4n) is 2.79. The minimum Gasteiger partial charge on any atom is -0.356 e. The molecule has 4 nitrogen and oxygen atoms in total. The maximum atomic E-state index is 4.40. The minimum atomic E-state index is 0. The first-order valence-electron chi connectivity index (χ1n) is 8.59. The van der Waals surface area contributed by atoms with Crippen molar-refractivity contribution in [1.29, 1.82) is 0 Å². The number of aliphatic imine (C=N–C) groups is 1. The van der Waals surface area contributed by atoms with E-state index in [2.05, 4.69) is 63.9 Å². The van der Waals surface area contributed by atoms with E-state index in [0.717, 1.165) is 24.4 Å². The third-order valence-corrected chi connectivity index (χ3v) is 4.24. The van der Waals surface area contributed by atoms with E-state index in [9.17, 15) is 0 Å². The molecule has 0 atom stereocenters. The van der Waals surface area contributed by atoms with Crippen molar-refractivity contribution in [3.8, 4) is 0 Å². The second-order valence-corrected chi connectivity index (χ2v) is 6.08. The van der Waals surface area contributed by atoms with E-state index in [1.54, 1.807) is 7.05 Å². The Morgan fingerprint density at radius 2 is 1.77 bits per heavy atom. The molecule has 0 aliphatic heterocycles. The summed E-state index contributed by atoms with van der Waals surface area (Å²) in [6.07, 6.45) is 2.83. The van der Waals surface area contributed by atoms with Gasteiger partial charge in [0.1, 0.15) is 0 Å². The van der Waals surface area contributed by atoms with E-state index in [4.69, 9.17) is 0 Å². The Hall–Kier alpha value is -2.15. The molecule has 2 N–H and O–H groups in total. The molecule has 136 valence electrons. The summed E-state index contributed by atoms with van der Waals surface area (Å²) in [4.78, 5) is 8.71. The van der Waals surface area contributed by atoms with Gasteiger partial charge < -0.3 is 10.6 Å². The average molecular weight is 460 g/mol. The van der Waals surface area contributed by atoms with Crippen LogP contribution in [0.5, 0.6) is 0 Å². The van der Waals surface area contributed by atoms with Crippen molar-refractivity contribution in [2.45, 2.75) is 19.9 Å². The van der Waals surface area contributed by atoms with Crippen molar-refractivity contribution in [1.82, 2.24) is 15.6 Å². The highest BCUT2D eigenvalue weighted by atomic mass is 127. The molecule has 0 amide bonds. The van der Waals surface area contributed by atoms with Crippen molar-refractivity contribution in [3.63, 3.8) is 0 Å². The van der Waals surface area contributed by atoms with E-state index in [1.165, 1.54) is 22.1 Å². The average Bonchev–Trinajstić information content (AvgIpc) is 2.66. The maximum Gasteiger partial charge on any atom is 0.191 e. The predicted octanol–water partition coefficient (Wildman–Crippen LogP) is 4.07. The van der Waals surface area contributed by atoms with Gasteiger partial charge in [-0.1, -0.05) is 48.0 Å². The second-order valence-electron chi connectivity index (χ2n) is 6.08. The van der Waals surface area contributed by atoms with Crippen LogP contribution in [0.25, 0.3) is 10.9 Å². The van der Waals surface area contributed by atoms with Crippen LogP contribution in [0, 0.1) is 6.92 Å². The molecular weight excluding hydrogens is 435 g/mol. The van der Waals surface area contributed by atoms with E-state index in [0.29, 0.717) is 6.54 Å². The van der Waals surface area contributed by atoms with Crippen molar-refractivity contribution in [2.24, 2.45) is 4.99 Å². The molecule has 2 aromatic carbocycles. The number of pyridine rings is 1. The van der Waals surface area contributed by atoms with Crippen molar-refractivity contribution in [2.75, 3.05) is 13.6 Å². The molecule has 3 rings (SSSR count). The van der Waals surface area contributed by atoms with Crippen LogP contribution in [0.3, 0.4) is 0 Å². The van der Waals surface area contributed by atoms with E-state index >= 15 is 0 Å². The number of halogens is 1. The lowest BCUT2D eigenvalue weighted by Crippen LogP contribution is -2.37. The number of aryl methyl sites for hydroxylation is 1. The zero-order valence-electron chi connectivity index (χ0n) is 15.2. The van der Waals surface area contributed by atoms with E-state index in [-0.39, 0.29) is 24.0 Å². The number of guanidine groups is 1. The smallest absolute Gasteiger partial charge is 0.191 e. The van der Waals surface area contributed by atoms with Gasteiger partial charge in [-0.2, -0.15) is 0 Å². The number of fused-ring (bicyclic) bond motifs is 1. The highest BCUT2D eigenvalue weighted by molar-refractivity contribution is 14.0. The quantitative estimate of drug-likeness (QED) is 0.343. The van der Waals surface area contributed by atoms with Gasteiger partial charge in [0.25, 0.3) is 0 Å². The highest BCUT2D eigenvalue weighted by Gasteiger charge is 2.03. The van der Waals surface area contributed by atoms with Crippen molar-refractivity contribution < 1.29 is 0 Å². The first kappa shape index (κ1) is 20.2. The molecule has 0 unspecified atom stereocenters. The second kappa shape index (κ2) is 10.1. The molecule has 1 heterocycles. The fraction of sp³-hybridized carbons (Fsp3) is 0.238. The summed E-state index contributed by atoms with van der Waals surface area (Å²) in [5.41, 5.74) is 4.85. The number of benzene rings is 2. The van der Waals surface area contributed by atoms with Crippen molar-refractivity contribution >= 4 is 40.8 Å². The Bertz CT molecular complexity index is 854. The van der Waals surface area contributed by atoms with Crippen LogP contribution in [-0.2, 0) is 13.0 Å². The summed E-state index contributed by atoms with van der Waals surface area (Å²) < 4.78 is 0. The molecule has 5 heteroatoms. The van der Waals surface area contributed by atoms with Crippen LogP contribution in [0.15, 0.2) is 65.8 Å². The molecule has 26 heavy (non-hydrogen) atoms. The molecular formula is C21H25IN4. The van der Waals surface area contributed by atoms with Gasteiger partial charge in [-0.15, -0.1) is 24.0 Å². The Morgan fingerprint density at radius 1 is 1.00 bits per heavy atom. The summed E-state index contributed by atoms with van der Waals surface area (Å²) >= 11 is 0. The number of nitrogens with zero attached hydrogens (tertiary/aromatic N) is 2. The van der Waals surface area contributed by atoms with Gasteiger partial charge in [-0.05, 0) is 36.6 Å². The lowest BCUT2D eigenvalue weighted by atomic mass is 10.1. The third kappa shape index (κ3) is 5.42. The van der Waals surface area contributed by atoms with Gasteiger partial charge in [-0.3, -0.25) is 9.98 Å². The molecule has 0 aliphatic carbocycles. The van der Waals surface area contributed by atoms with Gasteiger partial charge in [0.05, 0.1) is 5.52 Å². The third-order valence-electron chi connectivity index (χ3n) is 4.24. The first-order valence-corrected chi connectivity index (χ1v) is 8.59. The van der Waals surface area contributed by atoms with Gasteiger partial charge in [0, 0.05) is 31.7 Å². The predicted molar refractivity (Wildman–Crippen MR) is 120 cm³/mol. The molecule has 0 aliphatic rings. The van der Waals surface area contributed by atoms with Crippen LogP contribution in [0.1, 0.15) is 16.7 Å². The Kier molecular flexibility index (Phi) is 7.84. The zero-order chi connectivity index (χ0) is 17.5. The zero-order valence-corrected chi connectivity index (χ0v) is 17.5. The van der Waals surface area contributed by atoms with Gasteiger partial charge >= 0.3 is 0 Å². The van der Waals surface area contributed by atoms with Gasteiger partial charge in [0.2, 0.25) is 0 Å². The Morgan fingerprint density at radius 3 is 2.54 bits per heavy atom. The first-order chi connectivity index (χ1) is 12.3. The van der Waals surface area contributed by atoms with Crippen LogP contribution in [-0.4, -0.2) is 24.5 Å².